The SMILES string of the molecule is CC1(C)CCC(O)(CNS(=O)(=O)C2CC2)CC1. The Kier molecular flexibility index (Phi) is 3.30. The van der Waals surface area contributed by atoms with Gasteiger partial charge in [0.25, 0.3) is 0 Å². The van der Waals surface area contributed by atoms with Gasteiger partial charge >= 0.3 is 0 Å². The average Bonchev–Trinajstić information content (AvgIpc) is 3.05. The van der Waals surface area contributed by atoms with Gasteiger partial charge in [-0.2, -0.15) is 0 Å². The van der Waals surface area contributed by atoms with E-state index in [9.17, 15) is 13.5 Å². The Labute approximate surface area is 104 Å². The topological polar surface area (TPSA) is 66.4 Å². The zero-order valence-electron chi connectivity index (χ0n) is 10.7. The van der Waals surface area contributed by atoms with Gasteiger partial charge in [0.05, 0.1) is 10.9 Å². The second kappa shape index (κ2) is 4.21. The zero-order valence-corrected chi connectivity index (χ0v) is 11.5. The first-order valence-corrected chi connectivity index (χ1v) is 7.98. The molecule has 0 aromatic heterocycles. The highest BCUT2D eigenvalue weighted by atomic mass is 32.2. The molecule has 100 valence electrons. The summed E-state index contributed by atoms with van der Waals surface area (Å²) < 4.78 is 25.9. The van der Waals surface area contributed by atoms with Crippen LogP contribution in [0.25, 0.3) is 0 Å². The maximum Gasteiger partial charge on any atom is 0.214 e. The van der Waals surface area contributed by atoms with Crippen LogP contribution in [0.1, 0.15) is 52.4 Å². The van der Waals surface area contributed by atoms with Crippen LogP contribution in [0, 0.1) is 5.41 Å². The fourth-order valence-corrected chi connectivity index (χ4v) is 3.76. The molecule has 17 heavy (non-hydrogen) atoms. The van der Waals surface area contributed by atoms with Gasteiger partial charge in [-0.15, -0.1) is 0 Å². The van der Waals surface area contributed by atoms with E-state index in [1.165, 1.54) is 0 Å². The Balaban J connectivity index is 1.86. The Bertz CT molecular complexity index is 375. The third-order valence-corrected chi connectivity index (χ3v) is 6.00. The molecule has 0 amide bonds. The first kappa shape index (κ1) is 13.3. The van der Waals surface area contributed by atoms with Gasteiger partial charge in [-0.1, -0.05) is 13.8 Å². The lowest BCUT2D eigenvalue weighted by Crippen LogP contribution is -2.47. The molecule has 0 aliphatic heterocycles. The molecule has 2 saturated carbocycles. The van der Waals surface area contributed by atoms with Crippen LogP contribution >= 0.6 is 0 Å². The first-order chi connectivity index (χ1) is 7.73. The summed E-state index contributed by atoms with van der Waals surface area (Å²) in [4.78, 5) is 0. The maximum absolute atomic E-state index is 11.7. The number of sulfonamides is 1. The minimum atomic E-state index is -3.16. The van der Waals surface area contributed by atoms with Gasteiger partial charge < -0.3 is 5.11 Å². The van der Waals surface area contributed by atoms with Gasteiger partial charge in [0, 0.05) is 6.54 Å². The van der Waals surface area contributed by atoms with Crippen molar-refractivity contribution in [1.82, 2.24) is 4.72 Å². The fraction of sp³-hybridized carbons (Fsp3) is 1.00. The average molecular weight is 261 g/mol. The molecular formula is C12H23NO3S. The van der Waals surface area contributed by atoms with Crippen molar-refractivity contribution >= 4 is 10.0 Å². The van der Waals surface area contributed by atoms with Crippen molar-refractivity contribution < 1.29 is 13.5 Å². The molecule has 0 spiro atoms. The summed E-state index contributed by atoms with van der Waals surface area (Å²) in [5, 5.41) is 10.1. The van der Waals surface area contributed by atoms with Gasteiger partial charge in [0.15, 0.2) is 0 Å². The zero-order chi connectivity index (χ0) is 12.7. The lowest BCUT2D eigenvalue weighted by atomic mass is 9.71. The fourth-order valence-electron chi connectivity index (χ4n) is 2.30. The third-order valence-electron chi connectivity index (χ3n) is 4.10. The lowest BCUT2D eigenvalue weighted by molar-refractivity contribution is -0.0205. The van der Waals surface area contributed by atoms with Crippen molar-refractivity contribution in [2.24, 2.45) is 5.41 Å². The molecule has 0 bridgehead atoms. The molecule has 2 N–H and O–H groups in total. The number of hydrogen-bond donors (Lipinski definition) is 2. The summed E-state index contributed by atoms with van der Waals surface area (Å²) in [7, 11) is -3.16. The largest absolute Gasteiger partial charge is 0.389 e. The van der Waals surface area contributed by atoms with E-state index in [1.54, 1.807) is 0 Å². The van der Waals surface area contributed by atoms with Crippen molar-refractivity contribution in [3.63, 3.8) is 0 Å². The van der Waals surface area contributed by atoms with Crippen molar-refractivity contribution in [3.05, 3.63) is 0 Å². The van der Waals surface area contributed by atoms with Crippen molar-refractivity contribution in [3.8, 4) is 0 Å². The van der Waals surface area contributed by atoms with Gasteiger partial charge in [-0.05, 0) is 43.9 Å². The van der Waals surface area contributed by atoms with Crippen LogP contribution in [-0.2, 0) is 10.0 Å². The van der Waals surface area contributed by atoms with Crippen molar-refractivity contribution in [1.29, 1.82) is 0 Å². The van der Waals surface area contributed by atoms with Gasteiger partial charge in [0.2, 0.25) is 10.0 Å². The summed E-state index contributed by atoms with van der Waals surface area (Å²) in [6, 6.07) is 0. The summed E-state index contributed by atoms with van der Waals surface area (Å²) in [5.41, 5.74) is -0.556. The standard InChI is InChI=1S/C12H23NO3S/c1-11(2)5-7-12(14,8-6-11)9-13-17(15,16)10-3-4-10/h10,13-14H,3-9H2,1-2H3. The number of rotatable bonds is 4. The van der Waals surface area contributed by atoms with Gasteiger partial charge in [-0.3, -0.25) is 0 Å². The lowest BCUT2D eigenvalue weighted by Gasteiger charge is -2.40. The minimum absolute atomic E-state index is 0.182. The molecule has 5 heteroatoms. The van der Waals surface area contributed by atoms with Crippen LogP contribution in [0.2, 0.25) is 0 Å². The van der Waals surface area contributed by atoms with E-state index in [4.69, 9.17) is 0 Å². The Hall–Kier alpha value is -0.130. The van der Waals surface area contributed by atoms with Crippen LogP contribution in [0.15, 0.2) is 0 Å². The van der Waals surface area contributed by atoms with E-state index >= 15 is 0 Å². The molecule has 0 saturated heterocycles. The third kappa shape index (κ3) is 3.42. The number of hydrogen-bond acceptors (Lipinski definition) is 3. The van der Waals surface area contributed by atoms with Gasteiger partial charge in [-0.25, -0.2) is 13.1 Å². The minimum Gasteiger partial charge on any atom is -0.389 e. The van der Waals surface area contributed by atoms with Crippen molar-refractivity contribution in [2.45, 2.75) is 63.2 Å². The van der Waals surface area contributed by atoms with E-state index in [0.29, 0.717) is 12.8 Å². The Morgan fingerprint density at radius 3 is 2.18 bits per heavy atom. The smallest absolute Gasteiger partial charge is 0.214 e. The van der Waals surface area contributed by atoms with Crippen LogP contribution < -0.4 is 4.72 Å². The molecule has 0 radical (unpaired) electrons. The molecular weight excluding hydrogens is 238 g/mol. The number of aliphatic hydroxyl groups is 1. The van der Waals surface area contributed by atoms with E-state index in [2.05, 4.69) is 18.6 Å². The number of nitrogens with one attached hydrogen (secondary N) is 1. The second-order valence-electron chi connectivity index (χ2n) is 6.45. The predicted octanol–water partition coefficient (Wildman–Crippen LogP) is 1.40. The van der Waals surface area contributed by atoms with Crippen LogP contribution in [-0.4, -0.2) is 30.9 Å². The van der Waals surface area contributed by atoms with E-state index in [0.717, 1.165) is 25.7 Å². The monoisotopic (exact) mass is 261 g/mol. The maximum atomic E-state index is 11.7. The quantitative estimate of drug-likeness (QED) is 0.804. The molecule has 0 unspecified atom stereocenters. The normalized spacial score (nSPS) is 27.9. The summed E-state index contributed by atoms with van der Waals surface area (Å²) in [6.07, 6.45) is 4.81. The van der Waals surface area contributed by atoms with Gasteiger partial charge in [0.1, 0.15) is 0 Å². The molecule has 2 aliphatic rings. The highest BCUT2D eigenvalue weighted by Gasteiger charge is 2.40. The van der Waals surface area contributed by atoms with Crippen LogP contribution in [0.5, 0.6) is 0 Å². The molecule has 2 fully saturated rings. The highest BCUT2D eigenvalue weighted by molar-refractivity contribution is 7.90. The Morgan fingerprint density at radius 1 is 1.18 bits per heavy atom. The van der Waals surface area contributed by atoms with Crippen LogP contribution in [0.3, 0.4) is 0 Å². The summed E-state index contributed by atoms with van der Waals surface area (Å²) in [5.74, 6) is 0. The van der Waals surface area contributed by atoms with E-state index in [1.807, 2.05) is 0 Å². The Morgan fingerprint density at radius 2 is 1.71 bits per heavy atom. The summed E-state index contributed by atoms with van der Waals surface area (Å²) in [6.45, 7) is 4.57. The molecule has 0 atom stereocenters. The van der Waals surface area contributed by atoms with E-state index in [-0.39, 0.29) is 17.2 Å². The molecule has 0 aromatic rings. The second-order valence-corrected chi connectivity index (χ2v) is 8.50. The predicted molar refractivity (Wildman–Crippen MR) is 67.1 cm³/mol. The molecule has 0 aromatic carbocycles. The molecule has 2 aliphatic carbocycles. The molecule has 2 rings (SSSR count). The molecule has 0 heterocycles. The van der Waals surface area contributed by atoms with E-state index < -0.39 is 15.6 Å². The highest BCUT2D eigenvalue weighted by Crippen LogP contribution is 2.40. The molecule has 4 nitrogen and oxygen atoms in total. The summed E-state index contributed by atoms with van der Waals surface area (Å²) >= 11 is 0. The van der Waals surface area contributed by atoms with Crippen molar-refractivity contribution in [2.75, 3.05) is 6.54 Å². The first-order valence-electron chi connectivity index (χ1n) is 6.43. The van der Waals surface area contributed by atoms with Crippen LogP contribution in [0.4, 0.5) is 0 Å².